The van der Waals surface area contributed by atoms with Gasteiger partial charge in [0.05, 0.1) is 12.2 Å². The van der Waals surface area contributed by atoms with E-state index in [2.05, 4.69) is 17.4 Å². The first-order chi connectivity index (χ1) is 15.3. The maximum Gasteiger partial charge on any atom is 0.336 e. The van der Waals surface area contributed by atoms with Gasteiger partial charge >= 0.3 is 5.97 Å². The van der Waals surface area contributed by atoms with E-state index in [1.165, 1.54) is 0 Å². The van der Waals surface area contributed by atoms with Gasteiger partial charge in [-0.1, -0.05) is 67.9 Å². The number of nitrogens with one attached hydrogen (secondary N) is 1. The Hall–Kier alpha value is -2.85. The molecule has 0 saturated carbocycles. The van der Waals surface area contributed by atoms with Gasteiger partial charge in [-0.2, -0.15) is 0 Å². The Kier molecular flexibility index (Phi) is 6.52. The van der Waals surface area contributed by atoms with Crippen molar-refractivity contribution in [3.05, 3.63) is 93.3 Å². The second kappa shape index (κ2) is 9.33. The molecule has 1 heterocycles. The number of dihydropyridines is 1. The molecule has 0 bridgehead atoms. The van der Waals surface area contributed by atoms with Crippen molar-refractivity contribution in [1.29, 1.82) is 0 Å². The summed E-state index contributed by atoms with van der Waals surface area (Å²) in [5.74, 6) is -0.498. The number of ketones is 1. The van der Waals surface area contributed by atoms with Gasteiger partial charge in [0.2, 0.25) is 0 Å². The van der Waals surface area contributed by atoms with Crippen LogP contribution in [-0.2, 0) is 14.3 Å². The molecule has 1 aliphatic carbocycles. The Labute approximate surface area is 194 Å². The number of Topliss-reactive ketones (excluding diaryl/α,β-unsaturated/α-hetero) is 1. The number of halogens is 1. The van der Waals surface area contributed by atoms with Crippen LogP contribution in [0.4, 0.5) is 0 Å². The molecule has 0 spiro atoms. The molecular weight excluding hydrogens is 422 g/mol. The highest BCUT2D eigenvalue weighted by molar-refractivity contribution is 6.30. The molecule has 0 saturated heterocycles. The molecule has 2 aliphatic rings. The Morgan fingerprint density at radius 1 is 1.09 bits per heavy atom. The van der Waals surface area contributed by atoms with Crippen LogP contribution in [0.5, 0.6) is 0 Å². The Morgan fingerprint density at radius 2 is 1.81 bits per heavy atom. The summed E-state index contributed by atoms with van der Waals surface area (Å²) in [6.45, 7) is 6.20. The minimum Gasteiger partial charge on any atom is -0.462 e. The first-order valence-electron chi connectivity index (χ1n) is 11.1. The SMILES string of the molecule is CC1=C(C(=O)OCC(C)C)[C@@H](c2cccc(Cl)c2)C2=C(C[C@@H](c3ccccc3)CC2=O)N1. The van der Waals surface area contributed by atoms with Crippen LogP contribution in [0.1, 0.15) is 56.6 Å². The van der Waals surface area contributed by atoms with Crippen LogP contribution >= 0.6 is 11.6 Å². The normalized spacial score (nSPS) is 20.8. The number of carbonyl (C=O) groups excluding carboxylic acids is 2. The molecule has 2 aromatic carbocycles. The third kappa shape index (κ3) is 4.51. The van der Waals surface area contributed by atoms with Crippen LogP contribution in [0.25, 0.3) is 0 Å². The number of hydrogen-bond acceptors (Lipinski definition) is 4. The molecule has 0 fully saturated rings. The predicted octanol–water partition coefficient (Wildman–Crippen LogP) is 5.90. The van der Waals surface area contributed by atoms with E-state index in [4.69, 9.17) is 16.3 Å². The summed E-state index contributed by atoms with van der Waals surface area (Å²) in [6.07, 6.45) is 1.13. The highest BCUT2D eigenvalue weighted by atomic mass is 35.5. The fraction of sp³-hybridized carbons (Fsp3) is 0.333. The van der Waals surface area contributed by atoms with Crippen LogP contribution in [0.2, 0.25) is 5.02 Å². The minimum absolute atomic E-state index is 0.0549. The van der Waals surface area contributed by atoms with Crippen LogP contribution < -0.4 is 5.32 Å². The van der Waals surface area contributed by atoms with Gasteiger partial charge in [0.1, 0.15) is 0 Å². The number of allylic oxidation sites excluding steroid dienone is 3. The fourth-order valence-corrected chi connectivity index (χ4v) is 4.81. The number of ether oxygens (including phenoxy) is 1. The van der Waals surface area contributed by atoms with E-state index in [1.54, 1.807) is 6.07 Å². The van der Waals surface area contributed by atoms with E-state index < -0.39 is 11.9 Å². The van der Waals surface area contributed by atoms with E-state index in [0.717, 1.165) is 22.5 Å². The van der Waals surface area contributed by atoms with E-state index in [1.807, 2.05) is 57.2 Å². The molecule has 4 nitrogen and oxygen atoms in total. The van der Waals surface area contributed by atoms with Gasteiger partial charge in [0, 0.05) is 34.3 Å². The first-order valence-corrected chi connectivity index (χ1v) is 11.4. The lowest BCUT2D eigenvalue weighted by atomic mass is 9.72. The molecule has 2 aromatic rings. The first kappa shape index (κ1) is 22.3. The van der Waals surface area contributed by atoms with Crippen molar-refractivity contribution in [3.63, 3.8) is 0 Å². The number of rotatable bonds is 5. The zero-order valence-corrected chi connectivity index (χ0v) is 19.4. The molecule has 4 rings (SSSR count). The molecule has 2 atom stereocenters. The molecule has 0 aromatic heterocycles. The zero-order chi connectivity index (χ0) is 22.8. The summed E-state index contributed by atoms with van der Waals surface area (Å²) in [5.41, 5.74) is 4.73. The van der Waals surface area contributed by atoms with Gasteiger partial charge in [0.25, 0.3) is 0 Å². The average Bonchev–Trinajstić information content (AvgIpc) is 2.77. The number of benzene rings is 2. The van der Waals surface area contributed by atoms with Crippen LogP contribution in [0.15, 0.2) is 77.1 Å². The highest BCUT2D eigenvalue weighted by Gasteiger charge is 2.41. The Bertz CT molecular complexity index is 1100. The van der Waals surface area contributed by atoms with Gasteiger partial charge in [-0.05, 0) is 48.4 Å². The largest absolute Gasteiger partial charge is 0.462 e. The summed E-state index contributed by atoms with van der Waals surface area (Å²) >= 11 is 6.30. The van der Waals surface area contributed by atoms with Crippen molar-refractivity contribution >= 4 is 23.4 Å². The second-order valence-electron chi connectivity index (χ2n) is 8.98. The summed E-state index contributed by atoms with van der Waals surface area (Å²) in [5, 5.41) is 3.96. The van der Waals surface area contributed by atoms with Crippen molar-refractivity contribution in [2.45, 2.75) is 45.4 Å². The van der Waals surface area contributed by atoms with Crippen LogP contribution in [0, 0.1) is 5.92 Å². The second-order valence-corrected chi connectivity index (χ2v) is 9.41. The summed E-state index contributed by atoms with van der Waals surface area (Å²) in [6, 6.07) is 17.5. The number of carbonyl (C=O) groups is 2. The molecule has 166 valence electrons. The van der Waals surface area contributed by atoms with Crippen molar-refractivity contribution in [3.8, 4) is 0 Å². The van der Waals surface area contributed by atoms with Gasteiger partial charge in [-0.25, -0.2) is 4.79 Å². The predicted molar refractivity (Wildman–Crippen MR) is 126 cm³/mol. The third-order valence-corrected chi connectivity index (χ3v) is 6.28. The van der Waals surface area contributed by atoms with Crippen LogP contribution in [0.3, 0.4) is 0 Å². The van der Waals surface area contributed by atoms with Gasteiger partial charge in [-0.3, -0.25) is 4.79 Å². The van der Waals surface area contributed by atoms with Gasteiger partial charge in [-0.15, -0.1) is 0 Å². The zero-order valence-electron chi connectivity index (χ0n) is 18.7. The Morgan fingerprint density at radius 3 is 2.50 bits per heavy atom. The Balaban J connectivity index is 1.77. The quantitative estimate of drug-likeness (QED) is 0.577. The summed E-state index contributed by atoms with van der Waals surface area (Å²) in [4.78, 5) is 26.7. The smallest absolute Gasteiger partial charge is 0.336 e. The van der Waals surface area contributed by atoms with Crippen molar-refractivity contribution < 1.29 is 14.3 Å². The lowest BCUT2D eigenvalue weighted by molar-refractivity contribution is -0.140. The molecule has 32 heavy (non-hydrogen) atoms. The fourth-order valence-electron chi connectivity index (χ4n) is 4.61. The molecular formula is C27H28ClNO3. The number of hydrogen-bond donors (Lipinski definition) is 1. The lowest BCUT2D eigenvalue weighted by Crippen LogP contribution is -2.36. The average molecular weight is 450 g/mol. The van der Waals surface area contributed by atoms with E-state index in [-0.39, 0.29) is 17.6 Å². The molecule has 0 radical (unpaired) electrons. The van der Waals surface area contributed by atoms with E-state index in [9.17, 15) is 9.59 Å². The maximum atomic E-state index is 13.5. The maximum absolute atomic E-state index is 13.5. The monoisotopic (exact) mass is 449 g/mol. The lowest BCUT2D eigenvalue weighted by Gasteiger charge is -2.36. The van der Waals surface area contributed by atoms with Crippen molar-refractivity contribution in [2.75, 3.05) is 6.61 Å². The van der Waals surface area contributed by atoms with Gasteiger partial charge in [0.15, 0.2) is 5.78 Å². The molecule has 0 amide bonds. The topological polar surface area (TPSA) is 55.4 Å². The highest BCUT2D eigenvalue weighted by Crippen LogP contribution is 2.46. The minimum atomic E-state index is -0.492. The molecule has 1 aliphatic heterocycles. The molecule has 0 unspecified atom stereocenters. The molecule has 5 heteroatoms. The van der Waals surface area contributed by atoms with Crippen molar-refractivity contribution in [2.24, 2.45) is 5.92 Å². The van der Waals surface area contributed by atoms with Crippen molar-refractivity contribution in [1.82, 2.24) is 5.32 Å². The summed E-state index contributed by atoms with van der Waals surface area (Å²) in [7, 11) is 0. The third-order valence-electron chi connectivity index (χ3n) is 6.05. The van der Waals surface area contributed by atoms with Crippen LogP contribution in [-0.4, -0.2) is 18.4 Å². The van der Waals surface area contributed by atoms with E-state index >= 15 is 0 Å². The summed E-state index contributed by atoms with van der Waals surface area (Å²) < 4.78 is 5.60. The number of esters is 1. The van der Waals surface area contributed by atoms with E-state index in [0.29, 0.717) is 35.6 Å². The van der Waals surface area contributed by atoms with Gasteiger partial charge < -0.3 is 10.1 Å². The standard InChI is InChI=1S/C27H28ClNO3/c1-16(2)15-32-27(31)24-17(3)29-22-13-20(18-8-5-4-6-9-18)14-23(30)26(22)25(24)19-10-7-11-21(28)12-19/h4-12,16,20,25,29H,13-15H2,1-3H3/t20-,25-/m1/s1. The molecule has 1 N–H and O–H groups in total.